The van der Waals surface area contributed by atoms with E-state index in [1.54, 1.807) is 25.1 Å². The first-order valence-electron chi connectivity index (χ1n) is 10.1. The summed E-state index contributed by atoms with van der Waals surface area (Å²) in [7, 11) is 1.50. The van der Waals surface area contributed by atoms with Crippen LogP contribution in [0, 0.1) is 3.57 Å². The van der Waals surface area contributed by atoms with Crippen molar-refractivity contribution >= 4 is 46.5 Å². The molecule has 168 valence electrons. The van der Waals surface area contributed by atoms with Gasteiger partial charge in [0.2, 0.25) is 5.90 Å². The Morgan fingerprint density at radius 1 is 1.22 bits per heavy atom. The second kappa shape index (κ2) is 10.6. The first kappa shape index (κ1) is 23.8. The fraction of sp³-hybridized carbons (Fsp3) is 0.292. The van der Waals surface area contributed by atoms with Crippen molar-refractivity contribution in [1.82, 2.24) is 0 Å². The molecule has 0 bridgehead atoms. The number of ether oxygens (including phenoxy) is 4. The predicted molar refractivity (Wildman–Crippen MR) is 129 cm³/mol. The van der Waals surface area contributed by atoms with Crippen molar-refractivity contribution in [2.45, 2.75) is 26.7 Å². The molecule has 1 aliphatic rings. The maximum atomic E-state index is 12.4. The van der Waals surface area contributed by atoms with Crippen LogP contribution in [0.15, 0.2) is 47.1 Å². The lowest BCUT2D eigenvalue weighted by Gasteiger charge is -2.13. The molecule has 0 saturated heterocycles. The molecule has 0 saturated carbocycles. The number of aliphatic imine (C=N–C) groups is 1. The zero-order chi connectivity index (χ0) is 23.3. The smallest absolute Gasteiger partial charge is 0.363 e. The highest BCUT2D eigenvalue weighted by atomic mass is 127. The number of methoxy groups -OCH3 is 1. The van der Waals surface area contributed by atoms with Gasteiger partial charge in [0.15, 0.2) is 23.8 Å². The molecule has 0 aromatic heterocycles. The molecular weight excluding hydrogens is 525 g/mol. The third kappa shape index (κ3) is 5.67. The zero-order valence-corrected chi connectivity index (χ0v) is 20.5. The van der Waals surface area contributed by atoms with Gasteiger partial charge in [-0.2, -0.15) is 0 Å². The van der Waals surface area contributed by atoms with Crippen molar-refractivity contribution in [3.05, 3.63) is 62.4 Å². The van der Waals surface area contributed by atoms with E-state index in [1.165, 1.54) is 12.7 Å². The van der Waals surface area contributed by atoms with Crippen LogP contribution in [0.4, 0.5) is 0 Å². The number of benzene rings is 2. The molecule has 0 spiro atoms. The molecule has 8 heteroatoms. The van der Waals surface area contributed by atoms with E-state index >= 15 is 0 Å². The zero-order valence-electron chi connectivity index (χ0n) is 18.3. The van der Waals surface area contributed by atoms with E-state index in [0.717, 1.165) is 5.56 Å². The van der Waals surface area contributed by atoms with Gasteiger partial charge in [-0.25, -0.2) is 14.6 Å². The number of nitrogens with zero attached hydrogens (tertiary/aromatic N) is 1. The molecule has 3 rings (SSSR count). The Kier molecular flexibility index (Phi) is 7.89. The Morgan fingerprint density at radius 3 is 2.56 bits per heavy atom. The Hall–Kier alpha value is -2.88. The highest BCUT2D eigenvalue weighted by Crippen LogP contribution is 2.35. The van der Waals surface area contributed by atoms with Crippen LogP contribution >= 0.6 is 22.6 Å². The minimum absolute atomic E-state index is 0.186. The topological polar surface area (TPSA) is 83.4 Å². The van der Waals surface area contributed by atoms with Crippen LogP contribution in [0.25, 0.3) is 6.08 Å². The molecule has 32 heavy (non-hydrogen) atoms. The summed E-state index contributed by atoms with van der Waals surface area (Å²) in [6, 6.07) is 11.3. The van der Waals surface area contributed by atoms with Crippen LogP contribution < -0.4 is 9.47 Å². The lowest BCUT2D eigenvalue weighted by molar-refractivity contribution is -0.145. The van der Waals surface area contributed by atoms with Gasteiger partial charge in [0.25, 0.3) is 0 Å². The normalized spacial score (nSPS) is 14.4. The number of hydrogen-bond donors (Lipinski definition) is 0. The van der Waals surface area contributed by atoms with Crippen LogP contribution in [0.1, 0.15) is 43.4 Å². The van der Waals surface area contributed by atoms with E-state index in [2.05, 4.69) is 41.4 Å². The maximum Gasteiger partial charge on any atom is 0.363 e. The molecule has 0 unspecified atom stereocenters. The third-order valence-electron chi connectivity index (χ3n) is 4.64. The molecule has 0 amide bonds. The first-order chi connectivity index (χ1) is 15.3. The van der Waals surface area contributed by atoms with Crippen molar-refractivity contribution in [3.63, 3.8) is 0 Å². The summed E-state index contributed by atoms with van der Waals surface area (Å²) in [6.45, 7) is 6.02. The minimum atomic E-state index is -0.524. The fourth-order valence-electron chi connectivity index (χ4n) is 3.00. The van der Waals surface area contributed by atoms with Gasteiger partial charge in [-0.15, -0.1) is 0 Å². The monoisotopic (exact) mass is 549 g/mol. The number of rotatable bonds is 8. The molecule has 1 aliphatic heterocycles. The molecule has 0 radical (unpaired) electrons. The largest absolute Gasteiger partial charge is 0.493 e. The van der Waals surface area contributed by atoms with Gasteiger partial charge in [-0.1, -0.05) is 26.0 Å². The van der Waals surface area contributed by atoms with E-state index < -0.39 is 11.9 Å². The summed E-state index contributed by atoms with van der Waals surface area (Å²) >= 11 is 2.08. The summed E-state index contributed by atoms with van der Waals surface area (Å²) in [6.07, 6.45) is 1.62. The van der Waals surface area contributed by atoms with Gasteiger partial charge in [0.1, 0.15) is 0 Å². The minimum Gasteiger partial charge on any atom is -0.493 e. The SMILES string of the molecule is CCOC(=O)COc1c(I)cc(/C=C2\N=C(c3ccc(C(C)C)cc3)OC2=O)cc1OC. The number of hydrogen-bond acceptors (Lipinski definition) is 7. The second-order valence-corrected chi connectivity index (χ2v) is 8.40. The lowest BCUT2D eigenvalue weighted by atomic mass is 10.0. The number of halogens is 1. The summed E-state index contributed by atoms with van der Waals surface area (Å²) in [5, 5.41) is 0. The van der Waals surface area contributed by atoms with Crippen LogP contribution in [0.2, 0.25) is 0 Å². The second-order valence-electron chi connectivity index (χ2n) is 7.24. The molecule has 0 aliphatic carbocycles. The van der Waals surface area contributed by atoms with E-state index in [1.807, 2.05) is 24.3 Å². The predicted octanol–water partition coefficient (Wildman–Crippen LogP) is 4.71. The molecule has 1 heterocycles. The van der Waals surface area contributed by atoms with Gasteiger partial charge in [0, 0.05) is 5.56 Å². The van der Waals surface area contributed by atoms with Crippen LogP contribution in [0.5, 0.6) is 11.5 Å². The van der Waals surface area contributed by atoms with Gasteiger partial charge in [-0.3, -0.25) is 0 Å². The van der Waals surface area contributed by atoms with Gasteiger partial charge < -0.3 is 18.9 Å². The highest BCUT2D eigenvalue weighted by molar-refractivity contribution is 14.1. The fourth-order valence-corrected chi connectivity index (χ4v) is 3.78. The molecule has 7 nitrogen and oxygen atoms in total. The molecule has 0 fully saturated rings. The summed E-state index contributed by atoms with van der Waals surface area (Å²) < 4.78 is 21.9. The van der Waals surface area contributed by atoms with Crippen LogP contribution in [-0.4, -0.2) is 38.2 Å². The number of carbonyl (C=O) groups excluding carboxylic acids is 2. The Labute approximate surface area is 200 Å². The number of esters is 2. The Morgan fingerprint density at radius 2 is 1.94 bits per heavy atom. The summed E-state index contributed by atoms with van der Waals surface area (Å²) in [5.41, 5.74) is 2.80. The lowest BCUT2D eigenvalue weighted by Crippen LogP contribution is -2.15. The quantitative estimate of drug-likeness (QED) is 0.270. The molecule has 2 aromatic carbocycles. The van der Waals surface area contributed by atoms with Gasteiger partial charge >= 0.3 is 11.9 Å². The van der Waals surface area contributed by atoms with Crippen molar-refractivity contribution in [2.75, 3.05) is 20.3 Å². The molecule has 0 atom stereocenters. The Balaban J connectivity index is 1.84. The first-order valence-corrected chi connectivity index (χ1v) is 11.2. The standard InChI is InChI=1S/C24H24INO6/c1-5-30-21(27)13-31-22-18(25)10-15(12-20(22)29-4)11-19-24(28)32-23(26-19)17-8-6-16(7-9-17)14(2)3/h6-12,14H,5,13H2,1-4H3/b19-11-. The summed E-state index contributed by atoms with van der Waals surface area (Å²) in [4.78, 5) is 28.3. The maximum absolute atomic E-state index is 12.4. The van der Waals surface area contributed by atoms with Crippen LogP contribution in [0.3, 0.4) is 0 Å². The van der Waals surface area contributed by atoms with Gasteiger partial charge in [0.05, 0.1) is 17.3 Å². The summed E-state index contributed by atoms with van der Waals surface area (Å²) in [5.74, 6) is 0.541. The number of carbonyl (C=O) groups is 2. The van der Waals surface area contributed by atoms with Crippen molar-refractivity contribution < 1.29 is 28.5 Å². The molecule has 2 aromatic rings. The highest BCUT2D eigenvalue weighted by Gasteiger charge is 2.24. The molecular formula is C24H24INO6. The van der Waals surface area contributed by atoms with Crippen molar-refractivity contribution in [1.29, 1.82) is 0 Å². The molecule has 0 N–H and O–H groups in total. The van der Waals surface area contributed by atoms with E-state index in [0.29, 0.717) is 26.6 Å². The van der Waals surface area contributed by atoms with Gasteiger partial charge in [-0.05, 0) is 76.9 Å². The average Bonchev–Trinajstić information content (AvgIpc) is 3.13. The van der Waals surface area contributed by atoms with E-state index in [4.69, 9.17) is 18.9 Å². The Bertz CT molecular complexity index is 1070. The van der Waals surface area contributed by atoms with E-state index in [-0.39, 0.29) is 24.8 Å². The third-order valence-corrected chi connectivity index (χ3v) is 5.44. The van der Waals surface area contributed by atoms with Crippen LogP contribution in [-0.2, 0) is 19.1 Å². The van der Waals surface area contributed by atoms with E-state index in [9.17, 15) is 9.59 Å². The van der Waals surface area contributed by atoms with Crippen molar-refractivity contribution in [2.24, 2.45) is 4.99 Å². The number of cyclic esters (lactones) is 1. The average molecular weight is 549 g/mol. The van der Waals surface area contributed by atoms with Crippen molar-refractivity contribution in [3.8, 4) is 11.5 Å².